The van der Waals surface area contributed by atoms with Crippen molar-refractivity contribution in [2.24, 2.45) is 0 Å². The zero-order valence-electron chi connectivity index (χ0n) is 7.97. The summed E-state index contributed by atoms with van der Waals surface area (Å²) in [4.78, 5) is 10.9. The lowest BCUT2D eigenvalue weighted by molar-refractivity contribution is -0.140. The minimum absolute atomic E-state index is 0.00449. The van der Waals surface area contributed by atoms with E-state index in [1.54, 1.807) is 0 Å². The highest BCUT2D eigenvalue weighted by atomic mass is 16.6. The Morgan fingerprint density at radius 3 is 2.79 bits per heavy atom. The van der Waals surface area contributed by atoms with Crippen LogP contribution in [0.25, 0.3) is 0 Å². The van der Waals surface area contributed by atoms with E-state index >= 15 is 0 Å². The highest BCUT2D eigenvalue weighted by Gasteiger charge is 2.41. The van der Waals surface area contributed by atoms with Crippen LogP contribution in [0.2, 0.25) is 0 Å². The number of esters is 1. The summed E-state index contributed by atoms with van der Waals surface area (Å²) in [6.45, 7) is 0. The summed E-state index contributed by atoms with van der Waals surface area (Å²) in [6.07, 6.45) is 0.427. The molecule has 0 spiro atoms. The molecule has 0 unspecified atom stereocenters. The Kier molecular flexibility index (Phi) is 2.50. The molecule has 0 amide bonds. The summed E-state index contributed by atoms with van der Waals surface area (Å²) in [6, 6.07) is 9.89. The van der Waals surface area contributed by atoms with Crippen molar-refractivity contribution < 1.29 is 14.3 Å². The smallest absolute Gasteiger partial charge is 0.308 e. The SMILES string of the molecule is COC(=O)C[C@@H]1O[C@@H]1c1ccccc1. The van der Waals surface area contributed by atoms with Gasteiger partial charge in [0.2, 0.25) is 0 Å². The van der Waals surface area contributed by atoms with Crippen LogP contribution >= 0.6 is 0 Å². The lowest BCUT2D eigenvalue weighted by Gasteiger charge is -1.95. The Hall–Kier alpha value is -1.35. The lowest BCUT2D eigenvalue weighted by Crippen LogP contribution is -2.04. The van der Waals surface area contributed by atoms with Crippen molar-refractivity contribution in [2.75, 3.05) is 7.11 Å². The van der Waals surface area contributed by atoms with Gasteiger partial charge < -0.3 is 9.47 Å². The fourth-order valence-corrected chi connectivity index (χ4v) is 1.48. The molecule has 0 N–H and O–H groups in total. The van der Waals surface area contributed by atoms with Gasteiger partial charge in [0, 0.05) is 0 Å². The van der Waals surface area contributed by atoms with Crippen molar-refractivity contribution in [1.29, 1.82) is 0 Å². The summed E-state index contributed by atoms with van der Waals surface area (Å²) in [5.74, 6) is -0.214. The Bertz CT molecular complexity index is 321. The summed E-state index contributed by atoms with van der Waals surface area (Å²) in [7, 11) is 1.39. The van der Waals surface area contributed by atoms with Crippen molar-refractivity contribution in [3.63, 3.8) is 0 Å². The van der Waals surface area contributed by atoms with E-state index in [0.29, 0.717) is 6.42 Å². The monoisotopic (exact) mass is 192 g/mol. The van der Waals surface area contributed by atoms with E-state index in [9.17, 15) is 4.79 Å². The predicted molar refractivity (Wildman–Crippen MR) is 50.7 cm³/mol. The predicted octanol–water partition coefficient (Wildman–Crippen LogP) is 1.69. The molecule has 1 heterocycles. The summed E-state index contributed by atoms with van der Waals surface area (Å²) in [5, 5.41) is 0. The average molecular weight is 192 g/mol. The Labute approximate surface area is 82.6 Å². The summed E-state index contributed by atoms with van der Waals surface area (Å²) in [5.41, 5.74) is 1.13. The number of methoxy groups -OCH3 is 1. The second kappa shape index (κ2) is 3.80. The molecule has 3 heteroatoms. The second-order valence-corrected chi connectivity index (χ2v) is 3.29. The molecule has 3 nitrogen and oxygen atoms in total. The first-order valence-corrected chi connectivity index (χ1v) is 4.58. The first kappa shape index (κ1) is 9.21. The van der Waals surface area contributed by atoms with Gasteiger partial charge in [0.15, 0.2) is 0 Å². The zero-order valence-corrected chi connectivity index (χ0v) is 7.97. The van der Waals surface area contributed by atoms with Crippen molar-refractivity contribution in [2.45, 2.75) is 18.6 Å². The minimum Gasteiger partial charge on any atom is -0.469 e. The minimum atomic E-state index is -0.214. The third kappa shape index (κ3) is 1.93. The molecule has 0 saturated carbocycles. The van der Waals surface area contributed by atoms with Crippen molar-refractivity contribution >= 4 is 5.97 Å². The number of carbonyl (C=O) groups excluding carboxylic acids is 1. The van der Waals surface area contributed by atoms with Crippen molar-refractivity contribution in [3.05, 3.63) is 35.9 Å². The van der Waals surface area contributed by atoms with Gasteiger partial charge in [-0.2, -0.15) is 0 Å². The Morgan fingerprint density at radius 1 is 1.43 bits per heavy atom. The first-order valence-electron chi connectivity index (χ1n) is 4.58. The van der Waals surface area contributed by atoms with Crippen LogP contribution in [0, 0.1) is 0 Å². The number of hydrogen-bond donors (Lipinski definition) is 0. The molecular formula is C11H12O3. The van der Waals surface area contributed by atoms with Crippen LogP contribution in [0.4, 0.5) is 0 Å². The molecule has 1 aromatic carbocycles. The van der Waals surface area contributed by atoms with Crippen LogP contribution < -0.4 is 0 Å². The third-order valence-corrected chi connectivity index (χ3v) is 2.31. The number of epoxide rings is 1. The largest absolute Gasteiger partial charge is 0.469 e. The van der Waals surface area contributed by atoms with Crippen molar-refractivity contribution in [3.8, 4) is 0 Å². The van der Waals surface area contributed by atoms with Gasteiger partial charge in [-0.25, -0.2) is 0 Å². The Balaban J connectivity index is 1.91. The van der Waals surface area contributed by atoms with E-state index in [2.05, 4.69) is 4.74 Å². The maximum Gasteiger partial charge on any atom is 0.308 e. The maximum atomic E-state index is 10.9. The van der Waals surface area contributed by atoms with Gasteiger partial charge in [-0.3, -0.25) is 4.79 Å². The van der Waals surface area contributed by atoms with E-state index in [-0.39, 0.29) is 18.2 Å². The average Bonchev–Trinajstić information content (AvgIpc) is 2.98. The third-order valence-electron chi connectivity index (χ3n) is 2.31. The standard InChI is InChI=1S/C11H12O3/c1-13-10(12)7-9-11(14-9)8-5-3-2-4-6-8/h2-6,9,11H,7H2,1H3/t9-,11+/m0/s1. The lowest BCUT2D eigenvalue weighted by atomic mass is 10.1. The second-order valence-electron chi connectivity index (χ2n) is 3.29. The number of benzene rings is 1. The highest BCUT2D eigenvalue weighted by molar-refractivity contribution is 5.70. The molecule has 2 rings (SSSR count). The zero-order chi connectivity index (χ0) is 9.97. The molecule has 0 bridgehead atoms. The molecule has 1 fully saturated rings. The molecule has 1 saturated heterocycles. The van der Waals surface area contributed by atoms with Crippen LogP contribution in [0.15, 0.2) is 30.3 Å². The fourth-order valence-electron chi connectivity index (χ4n) is 1.48. The van der Waals surface area contributed by atoms with E-state index in [4.69, 9.17) is 4.74 Å². The number of hydrogen-bond acceptors (Lipinski definition) is 3. The van der Waals surface area contributed by atoms with Crippen LogP contribution in [-0.2, 0) is 14.3 Å². The molecule has 0 aromatic heterocycles. The summed E-state index contributed by atoms with van der Waals surface area (Å²) < 4.78 is 9.94. The van der Waals surface area contributed by atoms with E-state index < -0.39 is 0 Å². The van der Waals surface area contributed by atoms with Crippen LogP contribution in [-0.4, -0.2) is 19.2 Å². The highest BCUT2D eigenvalue weighted by Crippen LogP contribution is 2.40. The van der Waals surface area contributed by atoms with Gasteiger partial charge in [-0.05, 0) is 5.56 Å². The number of carbonyl (C=O) groups is 1. The van der Waals surface area contributed by atoms with Gasteiger partial charge in [-0.1, -0.05) is 30.3 Å². The van der Waals surface area contributed by atoms with E-state index in [0.717, 1.165) is 5.56 Å². The normalized spacial score (nSPS) is 24.4. The van der Waals surface area contributed by atoms with E-state index in [1.807, 2.05) is 30.3 Å². The molecule has 2 atom stereocenters. The van der Waals surface area contributed by atoms with Crippen LogP contribution in [0.3, 0.4) is 0 Å². The van der Waals surface area contributed by atoms with Gasteiger partial charge in [0.1, 0.15) is 6.10 Å². The molecule has 0 radical (unpaired) electrons. The molecule has 0 aliphatic carbocycles. The molecule has 14 heavy (non-hydrogen) atoms. The van der Waals surface area contributed by atoms with Crippen LogP contribution in [0.5, 0.6) is 0 Å². The van der Waals surface area contributed by atoms with Gasteiger partial charge >= 0.3 is 5.97 Å². The molecule has 1 aliphatic heterocycles. The molecule has 1 aliphatic rings. The number of ether oxygens (including phenoxy) is 2. The van der Waals surface area contributed by atoms with Gasteiger partial charge in [0.05, 0.1) is 19.6 Å². The van der Waals surface area contributed by atoms with Crippen LogP contribution in [0.1, 0.15) is 18.1 Å². The molecule has 74 valence electrons. The number of rotatable bonds is 3. The van der Waals surface area contributed by atoms with Gasteiger partial charge in [-0.15, -0.1) is 0 Å². The first-order chi connectivity index (χ1) is 6.81. The molecule has 1 aromatic rings. The van der Waals surface area contributed by atoms with Crippen molar-refractivity contribution in [1.82, 2.24) is 0 Å². The summed E-state index contributed by atoms with van der Waals surface area (Å²) >= 11 is 0. The van der Waals surface area contributed by atoms with Gasteiger partial charge in [0.25, 0.3) is 0 Å². The fraction of sp³-hybridized carbons (Fsp3) is 0.364. The Morgan fingerprint density at radius 2 is 2.14 bits per heavy atom. The molecular weight excluding hydrogens is 180 g/mol. The van der Waals surface area contributed by atoms with E-state index in [1.165, 1.54) is 7.11 Å². The topological polar surface area (TPSA) is 38.8 Å². The quantitative estimate of drug-likeness (QED) is 0.540. The maximum absolute atomic E-state index is 10.9.